The molecule has 3 heterocycles. The van der Waals surface area contributed by atoms with Gasteiger partial charge in [0.15, 0.2) is 5.69 Å². The Hall–Kier alpha value is -4.01. The Morgan fingerprint density at radius 2 is 1.75 bits per heavy atom. The SMILES string of the molecule is Cc1cc2cc(Nc3nc(NCc4ccc5[nH]ccc5c4)cc(C(F)(F)F)n3)ccc2[nH]1. The number of aromatic nitrogens is 4. The van der Waals surface area contributed by atoms with Gasteiger partial charge in [-0.25, -0.2) is 4.98 Å². The average Bonchev–Trinajstić information content (AvgIpc) is 3.36. The zero-order valence-electron chi connectivity index (χ0n) is 17.0. The fourth-order valence-electron chi connectivity index (χ4n) is 3.63. The number of benzene rings is 2. The van der Waals surface area contributed by atoms with E-state index < -0.39 is 11.9 Å². The second-order valence-corrected chi connectivity index (χ2v) is 7.59. The van der Waals surface area contributed by atoms with Crippen LogP contribution in [0.15, 0.2) is 60.8 Å². The molecule has 0 spiro atoms. The summed E-state index contributed by atoms with van der Waals surface area (Å²) < 4.78 is 40.3. The molecule has 2 aromatic carbocycles. The lowest BCUT2D eigenvalue weighted by molar-refractivity contribution is -0.141. The van der Waals surface area contributed by atoms with Crippen molar-refractivity contribution in [2.75, 3.05) is 10.6 Å². The highest BCUT2D eigenvalue weighted by molar-refractivity contribution is 5.84. The Balaban J connectivity index is 1.41. The van der Waals surface area contributed by atoms with Crippen LogP contribution in [0.4, 0.5) is 30.6 Å². The molecule has 0 saturated carbocycles. The van der Waals surface area contributed by atoms with Gasteiger partial charge in [0.1, 0.15) is 5.82 Å². The minimum Gasteiger partial charge on any atom is -0.366 e. The van der Waals surface area contributed by atoms with E-state index in [1.165, 1.54) is 0 Å². The van der Waals surface area contributed by atoms with Crippen molar-refractivity contribution in [3.05, 3.63) is 77.7 Å². The molecule has 0 aliphatic carbocycles. The normalized spacial score (nSPS) is 11.9. The lowest BCUT2D eigenvalue weighted by Gasteiger charge is -2.13. The first-order valence-electron chi connectivity index (χ1n) is 9.96. The molecule has 162 valence electrons. The third-order valence-electron chi connectivity index (χ3n) is 5.12. The van der Waals surface area contributed by atoms with Gasteiger partial charge < -0.3 is 20.6 Å². The Morgan fingerprint density at radius 3 is 2.59 bits per heavy atom. The van der Waals surface area contributed by atoms with Crippen LogP contribution in [0.25, 0.3) is 21.8 Å². The zero-order valence-corrected chi connectivity index (χ0v) is 17.0. The third-order valence-corrected chi connectivity index (χ3v) is 5.12. The van der Waals surface area contributed by atoms with Gasteiger partial charge in [0.2, 0.25) is 5.95 Å². The van der Waals surface area contributed by atoms with Crippen molar-refractivity contribution in [2.45, 2.75) is 19.6 Å². The molecule has 0 amide bonds. The van der Waals surface area contributed by atoms with E-state index in [4.69, 9.17) is 0 Å². The highest BCUT2D eigenvalue weighted by Gasteiger charge is 2.33. The molecule has 32 heavy (non-hydrogen) atoms. The number of H-pyrrole nitrogens is 2. The van der Waals surface area contributed by atoms with Gasteiger partial charge in [0.25, 0.3) is 0 Å². The molecule has 0 radical (unpaired) electrons. The van der Waals surface area contributed by atoms with E-state index in [9.17, 15) is 13.2 Å². The molecule has 9 heteroatoms. The van der Waals surface area contributed by atoms with E-state index in [0.29, 0.717) is 12.2 Å². The lowest BCUT2D eigenvalue weighted by Crippen LogP contribution is -2.13. The summed E-state index contributed by atoms with van der Waals surface area (Å²) in [6, 6.07) is 16.1. The van der Waals surface area contributed by atoms with Gasteiger partial charge in [-0.15, -0.1) is 0 Å². The first-order valence-corrected chi connectivity index (χ1v) is 9.96. The number of nitrogens with one attached hydrogen (secondary N) is 4. The maximum atomic E-state index is 13.4. The molecule has 6 nitrogen and oxygen atoms in total. The molecular weight excluding hydrogens is 417 g/mol. The van der Waals surface area contributed by atoms with Gasteiger partial charge in [0.05, 0.1) is 0 Å². The predicted molar refractivity (Wildman–Crippen MR) is 119 cm³/mol. The summed E-state index contributed by atoms with van der Waals surface area (Å²) in [5, 5.41) is 7.85. The summed E-state index contributed by atoms with van der Waals surface area (Å²) in [7, 11) is 0. The maximum absolute atomic E-state index is 13.4. The molecule has 0 saturated heterocycles. The molecule has 0 unspecified atom stereocenters. The van der Waals surface area contributed by atoms with Crippen molar-refractivity contribution >= 4 is 39.3 Å². The zero-order chi connectivity index (χ0) is 22.3. The summed E-state index contributed by atoms with van der Waals surface area (Å²) in [6.45, 7) is 2.26. The summed E-state index contributed by atoms with van der Waals surface area (Å²) in [5.41, 5.74) is 3.44. The summed E-state index contributed by atoms with van der Waals surface area (Å²) in [5.74, 6) is -0.0439. The van der Waals surface area contributed by atoms with Crippen molar-refractivity contribution in [3.8, 4) is 0 Å². The van der Waals surface area contributed by atoms with Crippen LogP contribution in [0.2, 0.25) is 0 Å². The van der Waals surface area contributed by atoms with Crippen LogP contribution >= 0.6 is 0 Å². The number of aromatic amines is 2. The Kier molecular flexibility index (Phi) is 4.73. The number of halogens is 3. The number of alkyl halides is 3. The minimum atomic E-state index is -4.60. The number of hydrogen-bond donors (Lipinski definition) is 4. The maximum Gasteiger partial charge on any atom is 0.433 e. The fraction of sp³-hybridized carbons (Fsp3) is 0.130. The van der Waals surface area contributed by atoms with E-state index in [0.717, 1.165) is 39.1 Å². The third kappa shape index (κ3) is 4.09. The first kappa shape index (κ1) is 19.9. The van der Waals surface area contributed by atoms with Crippen LogP contribution in [-0.2, 0) is 12.7 Å². The summed E-state index contributed by atoms with van der Waals surface area (Å²) in [4.78, 5) is 14.2. The van der Waals surface area contributed by atoms with E-state index in [1.807, 2.05) is 55.6 Å². The van der Waals surface area contributed by atoms with Crippen LogP contribution in [0.3, 0.4) is 0 Å². The van der Waals surface area contributed by atoms with Gasteiger partial charge in [-0.05, 0) is 60.3 Å². The van der Waals surface area contributed by atoms with Gasteiger partial charge in [0, 0.05) is 46.6 Å². The van der Waals surface area contributed by atoms with Crippen LogP contribution in [-0.4, -0.2) is 19.9 Å². The molecule has 0 aliphatic rings. The van der Waals surface area contributed by atoms with Crippen molar-refractivity contribution in [2.24, 2.45) is 0 Å². The number of aryl methyl sites for hydroxylation is 1. The van der Waals surface area contributed by atoms with Crippen LogP contribution < -0.4 is 10.6 Å². The van der Waals surface area contributed by atoms with Crippen LogP contribution in [0.5, 0.6) is 0 Å². The quantitative estimate of drug-likeness (QED) is 0.267. The number of anilines is 3. The average molecular weight is 436 g/mol. The summed E-state index contributed by atoms with van der Waals surface area (Å²) >= 11 is 0. The minimum absolute atomic E-state index is 0.0857. The monoisotopic (exact) mass is 436 g/mol. The standard InChI is InChI=1S/C23H19F3N6/c1-13-8-16-10-17(3-5-19(16)29-13)30-22-31-20(23(24,25)26)11-21(32-22)28-12-14-2-4-18-15(9-14)6-7-27-18/h2-11,27,29H,12H2,1H3,(H2,28,30,31,32). The van der Waals surface area contributed by atoms with Gasteiger partial charge >= 0.3 is 6.18 Å². The van der Waals surface area contributed by atoms with Crippen LogP contribution in [0.1, 0.15) is 17.0 Å². The lowest BCUT2D eigenvalue weighted by atomic mass is 10.1. The fourth-order valence-corrected chi connectivity index (χ4v) is 3.63. The molecule has 4 N–H and O–H groups in total. The number of hydrogen-bond acceptors (Lipinski definition) is 4. The second-order valence-electron chi connectivity index (χ2n) is 7.59. The van der Waals surface area contributed by atoms with E-state index in [-0.39, 0.29) is 11.8 Å². The molecule has 0 atom stereocenters. The second kappa shape index (κ2) is 7.60. The largest absolute Gasteiger partial charge is 0.433 e. The predicted octanol–water partition coefficient (Wildman–Crippen LogP) is 6.12. The molecule has 5 rings (SSSR count). The van der Waals surface area contributed by atoms with Crippen molar-refractivity contribution in [1.29, 1.82) is 0 Å². The molecular formula is C23H19F3N6. The van der Waals surface area contributed by atoms with Crippen LogP contribution in [0, 0.1) is 6.92 Å². The topological polar surface area (TPSA) is 81.4 Å². The number of fused-ring (bicyclic) bond motifs is 2. The highest BCUT2D eigenvalue weighted by atomic mass is 19.4. The van der Waals surface area contributed by atoms with Crippen molar-refractivity contribution in [1.82, 2.24) is 19.9 Å². The van der Waals surface area contributed by atoms with Gasteiger partial charge in [-0.1, -0.05) is 6.07 Å². The molecule has 5 aromatic rings. The Labute approximate surface area is 180 Å². The van der Waals surface area contributed by atoms with E-state index in [2.05, 4.69) is 30.6 Å². The Morgan fingerprint density at radius 1 is 0.906 bits per heavy atom. The molecule has 0 bridgehead atoms. The van der Waals surface area contributed by atoms with Crippen molar-refractivity contribution in [3.63, 3.8) is 0 Å². The van der Waals surface area contributed by atoms with Gasteiger partial charge in [-0.2, -0.15) is 18.2 Å². The number of rotatable bonds is 5. The molecule has 3 aromatic heterocycles. The smallest absolute Gasteiger partial charge is 0.366 e. The Bertz CT molecular complexity index is 1420. The summed E-state index contributed by atoms with van der Waals surface area (Å²) in [6.07, 6.45) is -2.76. The van der Waals surface area contributed by atoms with Gasteiger partial charge in [-0.3, -0.25) is 0 Å². The molecule has 0 aliphatic heterocycles. The highest BCUT2D eigenvalue weighted by Crippen LogP contribution is 2.31. The number of nitrogens with zero attached hydrogens (tertiary/aromatic N) is 2. The first-order chi connectivity index (χ1) is 15.3. The molecule has 0 fully saturated rings. The van der Waals surface area contributed by atoms with E-state index >= 15 is 0 Å². The van der Waals surface area contributed by atoms with E-state index in [1.54, 1.807) is 6.07 Å². The van der Waals surface area contributed by atoms with Crippen molar-refractivity contribution < 1.29 is 13.2 Å².